The van der Waals surface area contributed by atoms with Crippen LogP contribution in [0.15, 0.2) is 59.8 Å². The van der Waals surface area contributed by atoms with Gasteiger partial charge in [-0.2, -0.15) is 0 Å². The molecule has 2 N–H and O–H groups in total. The van der Waals surface area contributed by atoms with Crippen molar-refractivity contribution >= 4 is 11.6 Å². The molecule has 0 fully saturated rings. The number of aromatic hydroxyl groups is 1. The summed E-state index contributed by atoms with van der Waals surface area (Å²) in [6.07, 6.45) is 1.10. The highest BCUT2D eigenvalue weighted by atomic mass is 35.5. The van der Waals surface area contributed by atoms with Crippen LogP contribution in [0.1, 0.15) is 17.5 Å². The second-order valence-corrected chi connectivity index (χ2v) is 7.25. The minimum atomic E-state index is 0.321. The average Bonchev–Trinajstić information content (AvgIpc) is 2.96. The fraction of sp³-hybridized carbons (Fsp3) is 0.300. The monoisotopic (exact) mass is 355 g/mol. The summed E-state index contributed by atoms with van der Waals surface area (Å²) in [7, 11) is 0. The third-order valence-corrected chi connectivity index (χ3v) is 5.03. The second-order valence-electron chi connectivity index (χ2n) is 6.81. The minimum Gasteiger partial charge on any atom is -0.508 e. The highest BCUT2D eigenvalue weighted by Gasteiger charge is 2.27. The molecular weight excluding hydrogens is 334 g/mol. The zero-order valence-corrected chi connectivity index (χ0v) is 14.8. The van der Waals surface area contributed by atoms with Crippen LogP contribution in [-0.2, 0) is 13.1 Å². The van der Waals surface area contributed by atoms with Gasteiger partial charge in [-0.25, -0.2) is 5.01 Å². The number of nitrogens with zero attached hydrogens (tertiary/aromatic N) is 2. The van der Waals surface area contributed by atoms with Crippen molar-refractivity contribution in [1.82, 2.24) is 15.3 Å². The van der Waals surface area contributed by atoms with E-state index in [1.54, 1.807) is 6.07 Å². The van der Waals surface area contributed by atoms with Crippen LogP contribution in [0.2, 0.25) is 5.02 Å². The van der Waals surface area contributed by atoms with E-state index >= 15 is 0 Å². The normalized spacial score (nSPS) is 18.3. The minimum absolute atomic E-state index is 0.321. The summed E-state index contributed by atoms with van der Waals surface area (Å²) in [5.41, 5.74) is 8.75. The molecule has 0 bridgehead atoms. The molecule has 2 aromatic carbocycles. The van der Waals surface area contributed by atoms with Crippen molar-refractivity contribution in [3.05, 3.63) is 76.0 Å². The van der Waals surface area contributed by atoms with E-state index in [2.05, 4.69) is 21.4 Å². The number of phenols is 1. The van der Waals surface area contributed by atoms with Gasteiger partial charge in [0.05, 0.1) is 0 Å². The van der Waals surface area contributed by atoms with Crippen molar-refractivity contribution in [2.75, 3.05) is 19.6 Å². The van der Waals surface area contributed by atoms with Gasteiger partial charge in [0.15, 0.2) is 0 Å². The Morgan fingerprint density at radius 3 is 2.60 bits per heavy atom. The molecule has 0 saturated carbocycles. The summed E-state index contributed by atoms with van der Waals surface area (Å²) in [6.45, 7) is 4.68. The average molecular weight is 356 g/mol. The second kappa shape index (κ2) is 7.08. The van der Waals surface area contributed by atoms with E-state index in [-0.39, 0.29) is 0 Å². The summed E-state index contributed by atoms with van der Waals surface area (Å²) in [5, 5.41) is 12.6. The lowest BCUT2D eigenvalue weighted by atomic mass is 10.1. The van der Waals surface area contributed by atoms with Gasteiger partial charge in [-0.15, -0.1) is 0 Å². The van der Waals surface area contributed by atoms with Crippen LogP contribution in [-0.4, -0.2) is 34.6 Å². The lowest BCUT2D eigenvalue weighted by Crippen LogP contribution is -2.36. The SMILES string of the molecule is Oc1cccc(CN2CC3=C(CN(Cc4cccc(Cl)c4)CC3)N2)c1. The Labute approximate surface area is 153 Å². The number of hydrazine groups is 1. The predicted octanol–water partition coefficient (Wildman–Crippen LogP) is 3.53. The molecule has 2 aliphatic rings. The Kier molecular flexibility index (Phi) is 4.66. The van der Waals surface area contributed by atoms with Gasteiger partial charge in [0.25, 0.3) is 0 Å². The summed E-state index contributed by atoms with van der Waals surface area (Å²) in [5.74, 6) is 0.321. The molecule has 130 valence electrons. The molecule has 0 unspecified atom stereocenters. The number of nitrogens with one attached hydrogen (secondary N) is 1. The molecule has 4 nitrogen and oxygen atoms in total. The molecule has 0 atom stereocenters. The van der Waals surface area contributed by atoms with Gasteiger partial charge in [0.2, 0.25) is 0 Å². The number of phenolic OH excluding ortho intramolecular Hbond substituents is 1. The van der Waals surface area contributed by atoms with Crippen LogP contribution in [0.3, 0.4) is 0 Å². The highest BCUT2D eigenvalue weighted by Crippen LogP contribution is 2.25. The lowest BCUT2D eigenvalue weighted by molar-refractivity contribution is 0.233. The lowest BCUT2D eigenvalue weighted by Gasteiger charge is -2.27. The van der Waals surface area contributed by atoms with Crippen LogP contribution in [0, 0.1) is 0 Å². The van der Waals surface area contributed by atoms with Gasteiger partial charge < -0.3 is 10.5 Å². The quantitative estimate of drug-likeness (QED) is 0.880. The third kappa shape index (κ3) is 3.98. The predicted molar refractivity (Wildman–Crippen MR) is 100 cm³/mol. The fourth-order valence-electron chi connectivity index (χ4n) is 3.61. The zero-order valence-electron chi connectivity index (χ0n) is 14.1. The van der Waals surface area contributed by atoms with Crippen molar-refractivity contribution in [2.45, 2.75) is 19.5 Å². The summed E-state index contributed by atoms with van der Waals surface area (Å²) >= 11 is 6.09. The van der Waals surface area contributed by atoms with Crippen molar-refractivity contribution in [3.63, 3.8) is 0 Å². The molecule has 2 aliphatic heterocycles. The largest absolute Gasteiger partial charge is 0.508 e. The molecule has 5 heteroatoms. The maximum atomic E-state index is 9.62. The van der Waals surface area contributed by atoms with Gasteiger partial charge >= 0.3 is 0 Å². The maximum absolute atomic E-state index is 9.62. The number of rotatable bonds is 4. The first-order valence-corrected chi connectivity index (χ1v) is 9.01. The number of halogens is 1. The van der Waals surface area contributed by atoms with E-state index in [4.69, 9.17) is 11.6 Å². The molecule has 0 aromatic heterocycles. The molecular formula is C20H22ClN3O. The fourth-order valence-corrected chi connectivity index (χ4v) is 3.82. The first-order valence-electron chi connectivity index (χ1n) is 8.63. The Balaban J connectivity index is 1.36. The van der Waals surface area contributed by atoms with Crippen LogP contribution < -0.4 is 5.43 Å². The van der Waals surface area contributed by atoms with Crippen LogP contribution in [0.25, 0.3) is 0 Å². The van der Waals surface area contributed by atoms with Crippen molar-refractivity contribution in [3.8, 4) is 5.75 Å². The van der Waals surface area contributed by atoms with Crippen LogP contribution >= 0.6 is 11.6 Å². The third-order valence-electron chi connectivity index (χ3n) is 4.79. The summed E-state index contributed by atoms with van der Waals surface area (Å²) in [4.78, 5) is 2.45. The Morgan fingerprint density at radius 1 is 1.00 bits per heavy atom. The van der Waals surface area contributed by atoms with Gasteiger partial charge in [-0.05, 0) is 47.4 Å². The smallest absolute Gasteiger partial charge is 0.115 e. The van der Waals surface area contributed by atoms with E-state index in [1.807, 2.05) is 36.4 Å². The summed E-state index contributed by atoms with van der Waals surface area (Å²) in [6, 6.07) is 15.6. The molecule has 0 spiro atoms. The zero-order chi connectivity index (χ0) is 17.2. The van der Waals surface area contributed by atoms with Crippen LogP contribution in [0.5, 0.6) is 5.75 Å². The van der Waals surface area contributed by atoms with E-state index in [0.29, 0.717) is 5.75 Å². The van der Waals surface area contributed by atoms with Gasteiger partial charge in [0.1, 0.15) is 5.75 Å². The van der Waals surface area contributed by atoms with Gasteiger partial charge in [-0.3, -0.25) is 4.90 Å². The van der Waals surface area contributed by atoms with Crippen molar-refractivity contribution in [2.24, 2.45) is 0 Å². The Morgan fingerprint density at radius 2 is 1.80 bits per heavy atom. The first-order chi connectivity index (χ1) is 12.2. The first kappa shape index (κ1) is 16.5. The number of hydrogen-bond acceptors (Lipinski definition) is 4. The highest BCUT2D eigenvalue weighted by molar-refractivity contribution is 6.30. The van der Waals surface area contributed by atoms with Crippen molar-refractivity contribution in [1.29, 1.82) is 0 Å². The number of benzene rings is 2. The molecule has 0 aliphatic carbocycles. The van der Waals surface area contributed by atoms with E-state index in [1.165, 1.54) is 16.8 Å². The van der Waals surface area contributed by atoms with E-state index in [0.717, 1.165) is 49.7 Å². The van der Waals surface area contributed by atoms with E-state index in [9.17, 15) is 5.11 Å². The van der Waals surface area contributed by atoms with Gasteiger partial charge in [0, 0.05) is 43.4 Å². The Bertz CT molecular complexity index is 805. The molecule has 2 aromatic rings. The van der Waals surface area contributed by atoms with Gasteiger partial charge in [-0.1, -0.05) is 35.9 Å². The van der Waals surface area contributed by atoms with Crippen molar-refractivity contribution < 1.29 is 5.11 Å². The number of hydrogen-bond donors (Lipinski definition) is 2. The molecule has 0 radical (unpaired) electrons. The molecule has 4 rings (SSSR count). The molecule has 25 heavy (non-hydrogen) atoms. The van der Waals surface area contributed by atoms with E-state index < -0.39 is 0 Å². The standard InChI is InChI=1S/C20H22ClN3O/c21-18-5-1-3-15(9-18)11-23-8-7-17-13-24(22-20(17)14-23)12-16-4-2-6-19(25)10-16/h1-6,9-10,22,25H,7-8,11-14H2. The molecule has 0 saturated heterocycles. The molecule has 2 heterocycles. The summed E-state index contributed by atoms with van der Waals surface area (Å²) < 4.78 is 0. The Hall–Kier alpha value is -2.01. The van der Waals surface area contributed by atoms with Crippen LogP contribution in [0.4, 0.5) is 0 Å². The topological polar surface area (TPSA) is 38.7 Å². The molecule has 0 amide bonds. The maximum Gasteiger partial charge on any atom is 0.115 e.